The molecule has 214 valence electrons. The molecule has 0 aliphatic heterocycles. The molecule has 0 heterocycles. The Morgan fingerprint density at radius 2 is 1.51 bits per heavy atom. The molecule has 0 atom stereocenters. The molecule has 0 radical (unpaired) electrons. The lowest BCUT2D eigenvalue weighted by Gasteiger charge is -2.12. The fraction of sp³-hybridized carbons (Fsp3) is 0.0588. The average Bonchev–Trinajstić information content (AvgIpc) is 3.02. The summed E-state index contributed by atoms with van der Waals surface area (Å²) in [7, 11) is 0. The van der Waals surface area contributed by atoms with Crippen molar-refractivity contribution in [1.29, 1.82) is 0 Å². The Bertz CT molecular complexity index is 1820. The molecule has 5 aromatic rings. The number of rotatable bonds is 8. The lowest BCUT2D eigenvalue weighted by atomic mass is 10.0. The highest BCUT2D eigenvalue weighted by atomic mass is 19.1. The Labute approximate surface area is 247 Å². The van der Waals surface area contributed by atoms with Crippen LogP contribution in [0, 0.1) is 12.7 Å². The second kappa shape index (κ2) is 13.2. The van der Waals surface area contributed by atoms with Crippen LogP contribution in [-0.2, 0) is 16.2 Å². The minimum atomic E-state index is -1.03. The minimum absolute atomic E-state index is 0.168. The topological polar surface area (TPSA) is 109 Å². The zero-order valence-corrected chi connectivity index (χ0v) is 23.1. The van der Waals surface area contributed by atoms with Gasteiger partial charge < -0.3 is 15.4 Å². The van der Waals surface area contributed by atoms with Crippen molar-refractivity contribution in [3.05, 3.63) is 137 Å². The van der Waals surface area contributed by atoms with Crippen molar-refractivity contribution in [2.24, 2.45) is 5.10 Å². The van der Waals surface area contributed by atoms with E-state index < -0.39 is 17.7 Å². The number of halogens is 1. The van der Waals surface area contributed by atoms with Crippen molar-refractivity contribution >= 4 is 46.1 Å². The lowest BCUT2D eigenvalue weighted by molar-refractivity contribution is -0.136. The standard InChI is InChI=1S/C34H27FN4O4/c1-22-10-17-26(18-11-22)37-32(40)28-8-4-5-9-30(28)38-33(41)34(42)39-36-20-29-27-7-3-2-6-24(27)14-19-31(29)43-21-23-12-15-25(35)16-13-23/h2-20H,21H2,1H3,(H,37,40)(H,38,41)(H,39,42)/b36-20-. The molecule has 0 bridgehead atoms. The van der Waals surface area contributed by atoms with Crippen LogP contribution in [0.5, 0.6) is 5.75 Å². The second-order valence-electron chi connectivity index (χ2n) is 9.63. The SMILES string of the molecule is Cc1ccc(NC(=O)c2ccccc2NC(=O)C(=O)N/N=C\c2c(OCc3ccc(F)cc3)ccc3ccccc23)cc1. The number of carbonyl (C=O) groups excluding carboxylic acids is 3. The van der Waals surface area contributed by atoms with Gasteiger partial charge in [-0.25, -0.2) is 9.82 Å². The summed E-state index contributed by atoms with van der Waals surface area (Å²) in [6, 6.07) is 30.9. The van der Waals surface area contributed by atoms with Crippen molar-refractivity contribution in [1.82, 2.24) is 5.43 Å². The molecule has 0 fully saturated rings. The highest BCUT2D eigenvalue weighted by molar-refractivity contribution is 6.40. The number of nitrogens with zero attached hydrogens (tertiary/aromatic N) is 1. The number of para-hydroxylation sites is 1. The fourth-order valence-electron chi connectivity index (χ4n) is 4.29. The van der Waals surface area contributed by atoms with Gasteiger partial charge in [0.05, 0.1) is 17.5 Å². The zero-order valence-electron chi connectivity index (χ0n) is 23.1. The second-order valence-corrected chi connectivity index (χ2v) is 9.63. The zero-order chi connectivity index (χ0) is 30.2. The van der Waals surface area contributed by atoms with E-state index in [1.54, 1.807) is 48.5 Å². The van der Waals surface area contributed by atoms with Crippen LogP contribution in [-0.4, -0.2) is 23.9 Å². The summed E-state index contributed by atoms with van der Waals surface area (Å²) in [6.07, 6.45) is 1.40. The van der Waals surface area contributed by atoms with E-state index >= 15 is 0 Å². The number of hydrogen-bond acceptors (Lipinski definition) is 5. The largest absolute Gasteiger partial charge is 0.488 e. The van der Waals surface area contributed by atoms with Crippen LogP contribution in [0.1, 0.15) is 27.0 Å². The first-order valence-electron chi connectivity index (χ1n) is 13.4. The average molecular weight is 575 g/mol. The molecule has 0 aromatic heterocycles. The van der Waals surface area contributed by atoms with Crippen molar-refractivity contribution in [2.75, 3.05) is 10.6 Å². The van der Waals surface area contributed by atoms with Crippen molar-refractivity contribution < 1.29 is 23.5 Å². The van der Waals surface area contributed by atoms with Gasteiger partial charge >= 0.3 is 11.8 Å². The Hall–Kier alpha value is -5.83. The Balaban J connectivity index is 1.27. The molecule has 9 heteroatoms. The smallest absolute Gasteiger partial charge is 0.329 e. The molecule has 5 rings (SSSR count). The van der Waals surface area contributed by atoms with Crippen LogP contribution in [0.3, 0.4) is 0 Å². The highest BCUT2D eigenvalue weighted by Crippen LogP contribution is 2.27. The van der Waals surface area contributed by atoms with Crippen molar-refractivity contribution in [3.63, 3.8) is 0 Å². The molecule has 0 aliphatic rings. The summed E-state index contributed by atoms with van der Waals surface area (Å²) in [4.78, 5) is 38.2. The third kappa shape index (κ3) is 7.28. The predicted molar refractivity (Wildman–Crippen MR) is 165 cm³/mol. The predicted octanol–water partition coefficient (Wildman–Crippen LogP) is 6.21. The van der Waals surface area contributed by atoms with Crippen LogP contribution in [0.15, 0.2) is 114 Å². The van der Waals surface area contributed by atoms with Crippen LogP contribution in [0.25, 0.3) is 10.8 Å². The third-order valence-corrected chi connectivity index (χ3v) is 6.53. The van der Waals surface area contributed by atoms with Gasteiger partial charge in [0.2, 0.25) is 0 Å². The van der Waals surface area contributed by atoms with Gasteiger partial charge in [-0.2, -0.15) is 5.10 Å². The van der Waals surface area contributed by atoms with E-state index in [0.29, 0.717) is 17.0 Å². The molecule has 0 saturated carbocycles. The quantitative estimate of drug-likeness (QED) is 0.116. The number of aryl methyl sites for hydroxylation is 1. The molecule has 0 unspecified atom stereocenters. The molecule has 43 heavy (non-hydrogen) atoms. The summed E-state index contributed by atoms with van der Waals surface area (Å²) in [5.74, 6) is -2.32. The highest BCUT2D eigenvalue weighted by Gasteiger charge is 2.18. The lowest BCUT2D eigenvalue weighted by Crippen LogP contribution is -2.33. The van der Waals surface area contributed by atoms with E-state index in [9.17, 15) is 18.8 Å². The van der Waals surface area contributed by atoms with E-state index in [2.05, 4.69) is 21.2 Å². The molecular formula is C34H27FN4O4. The van der Waals surface area contributed by atoms with Crippen LogP contribution in [0.2, 0.25) is 0 Å². The number of benzene rings is 5. The van der Waals surface area contributed by atoms with Gasteiger partial charge in [-0.1, -0.05) is 72.3 Å². The molecule has 0 spiro atoms. The van der Waals surface area contributed by atoms with Crippen LogP contribution < -0.4 is 20.8 Å². The van der Waals surface area contributed by atoms with Gasteiger partial charge in [-0.15, -0.1) is 0 Å². The van der Waals surface area contributed by atoms with E-state index in [1.807, 2.05) is 49.4 Å². The first-order chi connectivity index (χ1) is 20.9. The number of nitrogens with one attached hydrogen (secondary N) is 3. The summed E-state index contributed by atoms with van der Waals surface area (Å²) >= 11 is 0. The van der Waals surface area contributed by atoms with Gasteiger partial charge in [0.25, 0.3) is 5.91 Å². The molecule has 0 aliphatic carbocycles. The van der Waals surface area contributed by atoms with Crippen molar-refractivity contribution in [2.45, 2.75) is 13.5 Å². The van der Waals surface area contributed by atoms with E-state index in [4.69, 9.17) is 4.74 Å². The number of hydrazone groups is 1. The van der Waals surface area contributed by atoms with Crippen LogP contribution in [0.4, 0.5) is 15.8 Å². The number of fused-ring (bicyclic) bond motifs is 1. The number of ether oxygens (including phenoxy) is 1. The number of anilines is 2. The number of amides is 3. The van der Waals surface area contributed by atoms with E-state index in [-0.39, 0.29) is 23.7 Å². The molecule has 3 amide bonds. The summed E-state index contributed by atoms with van der Waals surface area (Å²) < 4.78 is 19.3. The minimum Gasteiger partial charge on any atom is -0.488 e. The molecule has 8 nitrogen and oxygen atoms in total. The first kappa shape index (κ1) is 28.7. The molecular weight excluding hydrogens is 547 g/mol. The van der Waals surface area contributed by atoms with E-state index in [1.165, 1.54) is 24.4 Å². The van der Waals surface area contributed by atoms with Gasteiger partial charge in [0.1, 0.15) is 18.2 Å². The monoisotopic (exact) mass is 574 g/mol. The number of carbonyl (C=O) groups is 3. The van der Waals surface area contributed by atoms with Crippen LogP contribution >= 0.6 is 0 Å². The Kier molecular flexibility index (Phi) is 8.82. The molecule has 5 aromatic carbocycles. The maximum absolute atomic E-state index is 13.3. The third-order valence-electron chi connectivity index (χ3n) is 6.53. The van der Waals surface area contributed by atoms with Crippen molar-refractivity contribution in [3.8, 4) is 5.75 Å². The Morgan fingerprint density at radius 1 is 0.791 bits per heavy atom. The maximum atomic E-state index is 13.3. The summed E-state index contributed by atoms with van der Waals surface area (Å²) in [5, 5.41) is 11.0. The summed E-state index contributed by atoms with van der Waals surface area (Å²) in [5.41, 5.74) is 5.59. The maximum Gasteiger partial charge on any atom is 0.329 e. The van der Waals surface area contributed by atoms with Gasteiger partial charge in [0.15, 0.2) is 0 Å². The first-order valence-corrected chi connectivity index (χ1v) is 13.4. The van der Waals surface area contributed by atoms with Gasteiger partial charge in [-0.05, 0) is 65.7 Å². The normalized spacial score (nSPS) is 10.8. The van der Waals surface area contributed by atoms with E-state index in [0.717, 1.165) is 21.9 Å². The van der Waals surface area contributed by atoms with Gasteiger partial charge in [0, 0.05) is 11.3 Å². The van der Waals surface area contributed by atoms with Gasteiger partial charge in [-0.3, -0.25) is 14.4 Å². The molecule has 0 saturated heterocycles. The number of hydrogen-bond donors (Lipinski definition) is 3. The summed E-state index contributed by atoms with van der Waals surface area (Å²) in [6.45, 7) is 2.13. The Morgan fingerprint density at radius 3 is 2.30 bits per heavy atom. The fourth-order valence-corrected chi connectivity index (χ4v) is 4.29. The molecule has 3 N–H and O–H groups in total.